The third-order valence-corrected chi connectivity index (χ3v) is 10.3. The molecule has 2 nitrogen and oxygen atoms in total. The molecule has 0 radical (unpaired) electrons. The van der Waals surface area contributed by atoms with Crippen LogP contribution in [0, 0.1) is 0 Å². The Labute approximate surface area is 283 Å². The van der Waals surface area contributed by atoms with E-state index in [0.29, 0.717) is 0 Å². The molecule has 9 rings (SSSR count). The second-order valence-corrected chi connectivity index (χ2v) is 13.0. The summed E-state index contributed by atoms with van der Waals surface area (Å²) in [6.45, 7) is 0. The van der Waals surface area contributed by atoms with E-state index in [9.17, 15) is 0 Å². The second kappa shape index (κ2) is 12.0. The molecule has 3 heteroatoms. The summed E-state index contributed by atoms with van der Waals surface area (Å²) in [5, 5.41) is 5.98. The van der Waals surface area contributed by atoms with Gasteiger partial charge in [-0.2, -0.15) is 0 Å². The predicted octanol–water partition coefficient (Wildman–Crippen LogP) is 13.1. The van der Waals surface area contributed by atoms with Crippen LogP contribution in [0.2, 0.25) is 0 Å². The smallest absolute Gasteiger partial charge is 0.124 e. The summed E-state index contributed by atoms with van der Waals surface area (Å²) in [4.78, 5) is 7.37. The molecule has 8 aromatic carbocycles. The van der Waals surface area contributed by atoms with Crippen LogP contribution >= 0.6 is 11.3 Å². The molecule has 0 aliphatic carbocycles. The largest absolute Gasteiger partial charge is 0.310 e. The fourth-order valence-electron chi connectivity index (χ4n) is 6.67. The highest BCUT2D eigenvalue weighted by Gasteiger charge is 2.16. The van der Waals surface area contributed by atoms with E-state index in [0.717, 1.165) is 33.1 Å². The Morgan fingerprint density at radius 1 is 0.375 bits per heavy atom. The van der Waals surface area contributed by atoms with Crippen molar-refractivity contribution in [1.82, 2.24) is 4.98 Å². The maximum Gasteiger partial charge on any atom is 0.124 e. The minimum atomic E-state index is 1.04. The van der Waals surface area contributed by atoms with Crippen molar-refractivity contribution in [2.45, 2.75) is 0 Å². The molecule has 0 fully saturated rings. The highest BCUT2D eigenvalue weighted by Crippen LogP contribution is 2.41. The van der Waals surface area contributed by atoms with E-state index in [1.165, 1.54) is 48.5 Å². The zero-order chi connectivity index (χ0) is 31.9. The Morgan fingerprint density at radius 3 is 1.44 bits per heavy atom. The molecular weight excluding hydrogens is 601 g/mol. The average molecular weight is 631 g/mol. The molecule has 9 aromatic rings. The standard InChI is InChI=1S/C45H30N2S/c1-4-10-31(11-5-1)33-16-22-37(23-17-33)47(38-24-18-34(19-25-38)32-12-6-2-7-13-32)39-26-20-35-21-27-41-40(42(35)30-39)28-29-43-44(41)48-45(46-43)36-14-8-3-9-15-36/h1-30H. The van der Waals surface area contributed by atoms with Crippen molar-refractivity contribution in [1.29, 1.82) is 0 Å². The van der Waals surface area contributed by atoms with E-state index in [1.54, 1.807) is 11.3 Å². The minimum absolute atomic E-state index is 1.04. The van der Waals surface area contributed by atoms with Gasteiger partial charge in [-0.05, 0) is 80.9 Å². The monoisotopic (exact) mass is 630 g/mol. The van der Waals surface area contributed by atoms with Crippen LogP contribution in [0.25, 0.3) is 64.6 Å². The molecule has 0 unspecified atom stereocenters. The van der Waals surface area contributed by atoms with Crippen molar-refractivity contribution in [2.24, 2.45) is 0 Å². The molecule has 0 saturated heterocycles. The van der Waals surface area contributed by atoms with Crippen LogP contribution in [0.4, 0.5) is 17.1 Å². The fourth-order valence-corrected chi connectivity index (χ4v) is 7.76. The number of hydrogen-bond acceptors (Lipinski definition) is 3. The van der Waals surface area contributed by atoms with Gasteiger partial charge in [0.05, 0.1) is 10.2 Å². The third kappa shape index (κ3) is 5.11. The first-order chi connectivity index (χ1) is 23.8. The Kier molecular flexibility index (Phi) is 7.03. The van der Waals surface area contributed by atoms with Gasteiger partial charge in [-0.1, -0.05) is 140 Å². The zero-order valence-corrected chi connectivity index (χ0v) is 26.9. The van der Waals surface area contributed by atoms with Crippen molar-refractivity contribution in [2.75, 3.05) is 4.90 Å². The second-order valence-electron chi connectivity index (χ2n) is 12.0. The number of thiazole rings is 1. The number of hydrogen-bond donors (Lipinski definition) is 0. The van der Waals surface area contributed by atoms with Crippen LogP contribution in [-0.4, -0.2) is 4.98 Å². The molecule has 0 spiro atoms. The van der Waals surface area contributed by atoms with Crippen molar-refractivity contribution < 1.29 is 0 Å². The van der Waals surface area contributed by atoms with E-state index < -0.39 is 0 Å². The lowest BCUT2D eigenvalue weighted by molar-refractivity contribution is 1.29. The van der Waals surface area contributed by atoms with E-state index in [2.05, 4.69) is 187 Å². The van der Waals surface area contributed by atoms with E-state index >= 15 is 0 Å². The van der Waals surface area contributed by atoms with Gasteiger partial charge in [0.1, 0.15) is 5.01 Å². The summed E-state index contributed by atoms with van der Waals surface area (Å²) in [6.07, 6.45) is 0. The van der Waals surface area contributed by atoms with Crippen LogP contribution < -0.4 is 4.90 Å². The van der Waals surface area contributed by atoms with Gasteiger partial charge in [0.25, 0.3) is 0 Å². The third-order valence-electron chi connectivity index (χ3n) is 9.10. The number of benzene rings is 8. The molecular formula is C45H30N2S. The molecule has 0 aliphatic rings. The van der Waals surface area contributed by atoms with Crippen LogP contribution in [0.3, 0.4) is 0 Å². The fraction of sp³-hybridized carbons (Fsp3) is 0. The highest BCUT2D eigenvalue weighted by molar-refractivity contribution is 7.22. The normalized spacial score (nSPS) is 11.3. The summed E-state index contributed by atoms with van der Waals surface area (Å²) >= 11 is 1.77. The Bertz CT molecular complexity index is 2440. The first-order valence-electron chi connectivity index (χ1n) is 16.2. The zero-order valence-electron chi connectivity index (χ0n) is 26.1. The number of anilines is 3. The van der Waals surface area contributed by atoms with Gasteiger partial charge < -0.3 is 4.90 Å². The van der Waals surface area contributed by atoms with Gasteiger partial charge >= 0.3 is 0 Å². The van der Waals surface area contributed by atoms with Gasteiger partial charge in [0, 0.05) is 28.0 Å². The predicted molar refractivity (Wildman–Crippen MR) is 206 cm³/mol. The lowest BCUT2D eigenvalue weighted by Gasteiger charge is -2.26. The van der Waals surface area contributed by atoms with Crippen molar-refractivity contribution >= 4 is 60.2 Å². The quantitative estimate of drug-likeness (QED) is 0.170. The SMILES string of the molecule is c1ccc(-c2ccc(N(c3ccc(-c4ccccc4)cc3)c3ccc4ccc5c(ccc6nc(-c7ccccc7)sc65)c4c3)cc2)cc1. The molecule has 0 amide bonds. The van der Waals surface area contributed by atoms with Crippen molar-refractivity contribution in [3.05, 3.63) is 182 Å². The van der Waals surface area contributed by atoms with Gasteiger partial charge in [0.15, 0.2) is 0 Å². The number of rotatable bonds is 6. The molecule has 0 aliphatic heterocycles. The Morgan fingerprint density at radius 2 is 0.854 bits per heavy atom. The first kappa shape index (κ1) is 28.2. The molecule has 1 aromatic heterocycles. The maximum atomic E-state index is 5.01. The summed E-state index contributed by atoms with van der Waals surface area (Å²) in [6, 6.07) is 65.1. The van der Waals surface area contributed by atoms with Crippen LogP contribution in [-0.2, 0) is 0 Å². The van der Waals surface area contributed by atoms with Crippen LogP contribution in [0.5, 0.6) is 0 Å². The number of fused-ring (bicyclic) bond motifs is 5. The summed E-state index contributed by atoms with van der Waals surface area (Å²) in [5.41, 5.74) is 10.4. The molecule has 0 N–H and O–H groups in total. The van der Waals surface area contributed by atoms with Gasteiger partial charge in [-0.3, -0.25) is 0 Å². The van der Waals surface area contributed by atoms with E-state index in [-0.39, 0.29) is 0 Å². The summed E-state index contributed by atoms with van der Waals surface area (Å²) in [7, 11) is 0. The van der Waals surface area contributed by atoms with Gasteiger partial charge in [-0.15, -0.1) is 11.3 Å². The summed E-state index contributed by atoms with van der Waals surface area (Å²) in [5.74, 6) is 0. The Hall–Kier alpha value is -6.03. The Balaban J connectivity index is 1.18. The lowest BCUT2D eigenvalue weighted by Crippen LogP contribution is -2.09. The molecule has 48 heavy (non-hydrogen) atoms. The van der Waals surface area contributed by atoms with Crippen molar-refractivity contribution in [3.8, 4) is 32.8 Å². The van der Waals surface area contributed by atoms with Crippen LogP contribution in [0.1, 0.15) is 0 Å². The van der Waals surface area contributed by atoms with Crippen LogP contribution in [0.15, 0.2) is 182 Å². The van der Waals surface area contributed by atoms with Crippen molar-refractivity contribution in [3.63, 3.8) is 0 Å². The van der Waals surface area contributed by atoms with E-state index in [4.69, 9.17) is 4.98 Å². The number of aromatic nitrogens is 1. The van der Waals surface area contributed by atoms with Gasteiger partial charge in [0.2, 0.25) is 0 Å². The van der Waals surface area contributed by atoms with Gasteiger partial charge in [-0.25, -0.2) is 4.98 Å². The minimum Gasteiger partial charge on any atom is -0.310 e. The summed E-state index contributed by atoms with van der Waals surface area (Å²) < 4.78 is 1.23. The highest BCUT2D eigenvalue weighted by atomic mass is 32.1. The molecule has 0 atom stereocenters. The van der Waals surface area contributed by atoms with E-state index in [1.807, 2.05) is 0 Å². The average Bonchev–Trinajstić information content (AvgIpc) is 3.62. The topological polar surface area (TPSA) is 16.1 Å². The molecule has 1 heterocycles. The maximum absolute atomic E-state index is 5.01. The number of nitrogens with zero attached hydrogens (tertiary/aromatic N) is 2. The molecule has 0 saturated carbocycles. The molecule has 226 valence electrons. The lowest BCUT2D eigenvalue weighted by atomic mass is 10.00. The molecule has 0 bridgehead atoms. The first-order valence-corrected chi connectivity index (χ1v) is 17.0.